The third-order valence-corrected chi connectivity index (χ3v) is 4.48. The standard InChI is InChI=1S/C14H19NO2S/c1-4-11(15)14(12-6-5-9(2)17-12)18-13-7-8-16-10(13)3/h5-8,11,14H,4,15H2,1-3H3. The highest BCUT2D eigenvalue weighted by Gasteiger charge is 2.24. The molecular formula is C14H19NO2S. The quantitative estimate of drug-likeness (QED) is 0.828. The van der Waals surface area contributed by atoms with E-state index in [0.29, 0.717) is 0 Å². The van der Waals surface area contributed by atoms with Crippen LogP contribution in [0, 0.1) is 13.8 Å². The van der Waals surface area contributed by atoms with Gasteiger partial charge in [-0.15, -0.1) is 11.8 Å². The summed E-state index contributed by atoms with van der Waals surface area (Å²) in [4.78, 5) is 1.12. The van der Waals surface area contributed by atoms with Gasteiger partial charge in [-0.2, -0.15) is 0 Å². The molecule has 3 nitrogen and oxygen atoms in total. The molecule has 0 saturated carbocycles. The van der Waals surface area contributed by atoms with Gasteiger partial charge in [0.25, 0.3) is 0 Å². The van der Waals surface area contributed by atoms with E-state index in [9.17, 15) is 0 Å². The minimum absolute atomic E-state index is 0.0647. The molecule has 2 heterocycles. The highest BCUT2D eigenvalue weighted by Crippen LogP contribution is 2.40. The summed E-state index contributed by atoms with van der Waals surface area (Å²) in [5, 5.41) is 0.125. The van der Waals surface area contributed by atoms with Crippen LogP contribution in [0.15, 0.2) is 38.2 Å². The van der Waals surface area contributed by atoms with Crippen LogP contribution in [0.1, 0.15) is 35.9 Å². The summed E-state index contributed by atoms with van der Waals surface area (Å²) < 4.78 is 11.1. The van der Waals surface area contributed by atoms with Crippen LogP contribution in [0.3, 0.4) is 0 Å². The zero-order valence-corrected chi connectivity index (χ0v) is 11.8. The molecule has 2 unspecified atom stereocenters. The third-order valence-electron chi connectivity index (χ3n) is 2.97. The Hall–Kier alpha value is -1.13. The van der Waals surface area contributed by atoms with Crippen molar-refractivity contribution in [3.8, 4) is 0 Å². The van der Waals surface area contributed by atoms with Crippen molar-refractivity contribution >= 4 is 11.8 Å². The van der Waals surface area contributed by atoms with Crippen molar-refractivity contribution in [1.29, 1.82) is 0 Å². The molecule has 0 radical (unpaired) electrons. The van der Waals surface area contributed by atoms with E-state index in [1.165, 1.54) is 0 Å². The molecule has 0 aliphatic rings. The number of thioether (sulfide) groups is 1. The second-order valence-electron chi connectivity index (χ2n) is 4.40. The predicted octanol–water partition coefficient (Wildman–Crippen LogP) is 4.06. The lowest BCUT2D eigenvalue weighted by atomic mass is 10.1. The molecule has 0 fully saturated rings. The number of hydrogen-bond acceptors (Lipinski definition) is 4. The Morgan fingerprint density at radius 3 is 2.56 bits per heavy atom. The second kappa shape index (κ2) is 5.67. The molecule has 2 N–H and O–H groups in total. The van der Waals surface area contributed by atoms with Crippen molar-refractivity contribution in [3.05, 3.63) is 41.7 Å². The van der Waals surface area contributed by atoms with E-state index in [1.807, 2.05) is 32.0 Å². The summed E-state index contributed by atoms with van der Waals surface area (Å²) in [6, 6.07) is 6.03. The molecule has 2 atom stereocenters. The number of nitrogens with two attached hydrogens (primary N) is 1. The molecule has 0 aliphatic heterocycles. The van der Waals surface area contributed by atoms with Crippen LogP contribution in [0.4, 0.5) is 0 Å². The Morgan fingerprint density at radius 2 is 2.06 bits per heavy atom. The Labute approximate surface area is 112 Å². The topological polar surface area (TPSA) is 52.3 Å². The highest BCUT2D eigenvalue weighted by atomic mass is 32.2. The minimum Gasteiger partial charge on any atom is -0.468 e. The predicted molar refractivity (Wildman–Crippen MR) is 73.8 cm³/mol. The van der Waals surface area contributed by atoms with Crippen molar-refractivity contribution < 1.29 is 8.83 Å². The van der Waals surface area contributed by atoms with Crippen LogP contribution in [-0.2, 0) is 0 Å². The molecule has 2 aromatic heterocycles. The largest absolute Gasteiger partial charge is 0.468 e. The van der Waals surface area contributed by atoms with Crippen LogP contribution < -0.4 is 5.73 Å². The first-order chi connectivity index (χ1) is 8.61. The van der Waals surface area contributed by atoms with Gasteiger partial charge in [-0.25, -0.2) is 0 Å². The van der Waals surface area contributed by atoms with Crippen molar-refractivity contribution in [2.75, 3.05) is 0 Å². The maximum absolute atomic E-state index is 6.21. The normalized spacial score (nSPS) is 14.7. The smallest absolute Gasteiger partial charge is 0.119 e. The molecule has 0 amide bonds. The van der Waals surface area contributed by atoms with Crippen molar-refractivity contribution in [1.82, 2.24) is 0 Å². The van der Waals surface area contributed by atoms with Gasteiger partial charge in [-0.3, -0.25) is 0 Å². The van der Waals surface area contributed by atoms with Crippen LogP contribution in [0.5, 0.6) is 0 Å². The molecule has 0 aromatic carbocycles. The van der Waals surface area contributed by atoms with E-state index in [1.54, 1.807) is 18.0 Å². The van der Waals surface area contributed by atoms with Gasteiger partial charge in [0.2, 0.25) is 0 Å². The number of rotatable bonds is 5. The lowest BCUT2D eigenvalue weighted by Gasteiger charge is -2.20. The van der Waals surface area contributed by atoms with E-state index in [0.717, 1.165) is 28.6 Å². The molecule has 0 spiro atoms. The first-order valence-electron chi connectivity index (χ1n) is 6.14. The summed E-state index contributed by atoms with van der Waals surface area (Å²) in [6.07, 6.45) is 2.62. The minimum atomic E-state index is 0.0647. The van der Waals surface area contributed by atoms with Gasteiger partial charge in [-0.05, 0) is 38.5 Å². The van der Waals surface area contributed by atoms with Crippen molar-refractivity contribution in [2.24, 2.45) is 5.73 Å². The molecule has 0 aliphatic carbocycles. The molecule has 2 rings (SSSR count). The zero-order chi connectivity index (χ0) is 13.1. The summed E-state index contributed by atoms with van der Waals surface area (Å²) in [5.74, 6) is 2.78. The number of furan rings is 2. The lowest BCUT2D eigenvalue weighted by molar-refractivity contribution is 0.454. The van der Waals surface area contributed by atoms with Crippen molar-refractivity contribution in [2.45, 2.75) is 43.4 Å². The van der Waals surface area contributed by atoms with Gasteiger partial charge >= 0.3 is 0 Å². The zero-order valence-electron chi connectivity index (χ0n) is 11.0. The van der Waals surface area contributed by atoms with E-state index >= 15 is 0 Å². The Balaban J connectivity index is 2.23. The first kappa shape index (κ1) is 13.3. The van der Waals surface area contributed by atoms with Crippen molar-refractivity contribution in [3.63, 3.8) is 0 Å². The van der Waals surface area contributed by atoms with Crippen LogP contribution in [-0.4, -0.2) is 6.04 Å². The summed E-state index contributed by atoms with van der Waals surface area (Å²) >= 11 is 1.71. The number of aryl methyl sites for hydroxylation is 2. The second-order valence-corrected chi connectivity index (χ2v) is 5.58. The molecular weight excluding hydrogens is 246 g/mol. The van der Waals surface area contributed by atoms with E-state index in [-0.39, 0.29) is 11.3 Å². The molecule has 18 heavy (non-hydrogen) atoms. The Kier molecular flexibility index (Phi) is 4.19. The van der Waals surface area contributed by atoms with Gasteiger partial charge in [0.1, 0.15) is 17.3 Å². The van der Waals surface area contributed by atoms with Gasteiger partial charge < -0.3 is 14.6 Å². The molecule has 0 bridgehead atoms. The Bertz CT molecular complexity index is 503. The summed E-state index contributed by atoms with van der Waals surface area (Å²) in [6.45, 7) is 6.01. The van der Waals surface area contributed by atoms with E-state index in [2.05, 4.69) is 6.92 Å². The van der Waals surface area contributed by atoms with Crippen LogP contribution >= 0.6 is 11.8 Å². The summed E-state index contributed by atoms with van der Waals surface area (Å²) in [7, 11) is 0. The SMILES string of the molecule is CCC(N)C(Sc1ccoc1C)c1ccc(C)o1. The maximum Gasteiger partial charge on any atom is 0.119 e. The molecule has 2 aromatic rings. The highest BCUT2D eigenvalue weighted by molar-refractivity contribution is 7.99. The molecule has 4 heteroatoms. The fourth-order valence-electron chi connectivity index (χ4n) is 1.81. The average Bonchev–Trinajstić information content (AvgIpc) is 2.94. The first-order valence-corrected chi connectivity index (χ1v) is 7.02. The van der Waals surface area contributed by atoms with Gasteiger partial charge in [0, 0.05) is 10.9 Å². The molecule has 98 valence electrons. The molecule has 0 saturated heterocycles. The van der Waals surface area contributed by atoms with Gasteiger partial charge in [-0.1, -0.05) is 6.92 Å². The van der Waals surface area contributed by atoms with Gasteiger partial charge in [0.05, 0.1) is 11.5 Å². The van der Waals surface area contributed by atoms with E-state index in [4.69, 9.17) is 14.6 Å². The average molecular weight is 265 g/mol. The summed E-state index contributed by atoms with van der Waals surface area (Å²) in [5.41, 5.74) is 6.21. The third kappa shape index (κ3) is 2.82. The van der Waals surface area contributed by atoms with Crippen LogP contribution in [0.25, 0.3) is 0 Å². The maximum atomic E-state index is 6.21. The lowest BCUT2D eigenvalue weighted by Crippen LogP contribution is -2.25. The van der Waals surface area contributed by atoms with Gasteiger partial charge in [0.15, 0.2) is 0 Å². The fraction of sp³-hybridized carbons (Fsp3) is 0.429. The monoisotopic (exact) mass is 265 g/mol. The van der Waals surface area contributed by atoms with E-state index < -0.39 is 0 Å². The number of hydrogen-bond donors (Lipinski definition) is 1. The van der Waals surface area contributed by atoms with Crippen LogP contribution in [0.2, 0.25) is 0 Å². The fourth-order valence-corrected chi connectivity index (χ4v) is 3.04. The Morgan fingerprint density at radius 1 is 1.28 bits per heavy atom.